The Labute approximate surface area is 80.2 Å². The van der Waals surface area contributed by atoms with Crippen molar-refractivity contribution < 1.29 is 7.53 Å². The van der Waals surface area contributed by atoms with Crippen LogP contribution in [0.2, 0.25) is 0 Å². The molecule has 2 rings (SSSR count). The molecule has 2 radical (unpaired) electrons. The summed E-state index contributed by atoms with van der Waals surface area (Å²) in [6.07, 6.45) is 0. The molecule has 0 bridgehead atoms. The van der Waals surface area contributed by atoms with Gasteiger partial charge in [-0.15, -0.1) is 0 Å². The Bertz CT molecular complexity index is 277. The van der Waals surface area contributed by atoms with Crippen molar-refractivity contribution in [1.82, 2.24) is 0 Å². The van der Waals surface area contributed by atoms with Gasteiger partial charge in [0.1, 0.15) is 0 Å². The summed E-state index contributed by atoms with van der Waals surface area (Å²) in [4.78, 5) is 0. The maximum absolute atomic E-state index is 5.36. The van der Waals surface area contributed by atoms with Crippen LogP contribution in [0.25, 0.3) is 0 Å². The Morgan fingerprint density at radius 2 is 2.36 bits per heavy atom. The zero-order valence-electron chi connectivity index (χ0n) is 5.63. The molecular weight excluding hydrogens is 269 g/mol. The fraction of sp³-hybridized carbons (Fsp3) is 0.143. The minimum absolute atomic E-state index is 0.618. The van der Waals surface area contributed by atoms with Crippen molar-refractivity contribution >= 4 is 32.0 Å². The Morgan fingerprint density at radius 3 is 3.27 bits per heavy atom. The van der Waals surface area contributed by atoms with Crippen molar-refractivity contribution in [3.05, 3.63) is 28.2 Å². The first-order valence-corrected chi connectivity index (χ1v) is 5.69. The fourth-order valence-corrected chi connectivity index (χ4v) is 2.53. The number of fused-ring (bicyclic) bond motifs is 1. The van der Waals surface area contributed by atoms with E-state index in [4.69, 9.17) is 7.53 Å². The molecule has 0 fully saturated rings. The molecule has 1 aromatic rings. The monoisotopic (exact) mass is 274 g/mol. The third kappa shape index (κ3) is 1.60. The van der Waals surface area contributed by atoms with Crippen molar-refractivity contribution in [2.75, 3.05) is 0 Å². The molecule has 4 heteroatoms. The van der Waals surface area contributed by atoms with Crippen LogP contribution in [0.5, 0.6) is 5.75 Å². The molecule has 0 atom stereocenters. The number of hydrogen-bond donors (Lipinski definition) is 0. The Morgan fingerprint density at radius 1 is 1.45 bits per heavy atom. The maximum atomic E-state index is 5.36. The zero-order valence-corrected chi connectivity index (χ0v) is 9.32. The minimum atomic E-state index is -0.618. The van der Waals surface area contributed by atoms with Crippen molar-refractivity contribution in [2.24, 2.45) is 0 Å². The van der Waals surface area contributed by atoms with Gasteiger partial charge in [-0.2, -0.15) is 0 Å². The molecule has 0 aromatic heterocycles. The first kappa shape index (κ1) is 7.64. The first-order chi connectivity index (χ1) is 5.36. The van der Waals surface area contributed by atoms with E-state index >= 15 is 0 Å². The van der Waals surface area contributed by atoms with E-state index in [1.807, 2.05) is 18.2 Å². The van der Waals surface area contributed by atoms with Gasteiger partial charge in [0.15, 0.2) is 0 Å². The summed E-state index contributed by atoms with van der Waals surface area (Å²) >= 11 is 2.77. The quantitative estimate of drug-likeness (QED) is 0.672. The molecule has 1 heterocycles. The fourth-order valence-electron chi connectivity index (χ4n) is 0.942. The van der Waals surface area contributed by atoms with Crippen LogP contribution in [-0.2, 0) is 10.4 Å². The first-order valence-electron chi connectivity index (χ1n) is 3.18. The van der Waals surface area contributed by atoms with Crippen LogP contribution in [0.3, 0.4) is 0 Å². The molecule has 1 aliphatic rings. The van der Waals surface area contributed by atoms with E-state index in [2.05, 4.69) is 15.9 Å². The summed E-state index contributed by atoms with van der Waals surface area (Å²) in [5.74, 6) is 0.986. The van der Waals surface area contributed by atoms with Crippen LogP contribution in [0, 0.1) is 0 Å². The molecule has 0 amide bonds. The SMILES string of the molecule is Brc1ccc2c(c1)C[O][Ge][O]2. The number of benzene rings is 1. The predicted octanol–water partition coefficient (Wildman–Crippen LogP) is 1.89. The molecule has 0 aliphatic carbocycles. The third-order valence-corrected chi connectivity index (χ3v) is 3.14. The van der Waals surface area contributed by atoms with Gasteiger partial charge in [0.25, 0.3) is 0 Å². The molecule has 0 saturated carbocycles. The van der Waals surface area contributed by atoms with Gasteiger partial charge in [-0.25, -0.2) is 0 Å². The third-order valence-electron chi connectivity index (χ3n) is 1.46. The summed E-state index contributed by atoms with van der Waals surface area (Å²) < 4.78 is 11.7. The average Bonchev–Trinajstić information content (AvgIpc) is 2.04. The number of hydrogen-bond acceptors (Lipinski definition) is 2. The van der Waals surface area contributed by atoms with E-state index in [0.29, 0.717) is 6.61 Å². The van der Waals surface area contributed by atoms with Gasteiger partial charge >= 0.3 is 80.2 Å². The molecular formula is C7H5BrGeO2. The van der Waals surface area contributed by atoms with Crippen LogP contribution in [0.4, 0.5) is 0 Å². The Balaban J connectivity index is 2.43. The van der Waals surface area contributed by atoms with E-state index in [1.54, 1.807) is 0 Å². The van der Waals surface area contributed by atoms with Gasteiger partial charge < -0.3 is 0 Å². The van der Waals surface area contributed by atoms with Crippen LogP contribution in [-0.4, -0.2) is 16.1 Å². The van der Waals surface area contributed by atoms with Crippen LogP contribution < -0.4 is 3.76 Å². The number of halogens is 1. The predicted molar refractivity (Wildman–Crippen MR) is 45.3 cm³/mol. The summed E-state index contributed by atoms with van der Waals surface area (Å²) in [6, 6.07) is 5.99. The van der Waals surface area contributed by atoms with E-state index in [0.717, 1.165) is 15.8 Å². The molecule has 0 saturated heterocycles. The molecule has 0 unspecified atom stereocenters. The second-order valence-electron chi connectivity index (χ2n) is 2.23. The molecule has 56 valence electrons. The van der Waals surface area contributed by atoms with E-state index in [-0.39, 0.29) is 0 Å². The van der Waals surface area contributed by atoms with E-state index in [1.165, 1.54) is 0 Å². The van der Waals surface area contributed by atoms with E-state index < -0.39 is 16.1 Å². The second kappa shape index (κ2) is 3.17. The van der Waals surface area contributed by atoms with Gasteiger partial charge in [-0.3, -0.25) is 0 Å². The molecule has 2 nitrogen and oxygen atoms in total. The van der Waals surface area contributed by atoms with Gasteiger partial charge in [0.05, 0.1) is 0 Å². The molecule has 0 N–H and O–H groups in total. The van der Waals surface area contributed by atoms with Crippen LogP contribution in [0.15, 0.2) is 22.7 Å². The van der Waals surface area contributed by atoms with Crippen molar-refractivity contribution in [3.8, 4) is 5.75 Å². The van der Waals surface area contributed by atoms with Crippen LogP contribution >= 0.6 is 15.9 Å². The van der Waals surface area contributed by atoms with Crippen molar-refractivity contribution in [1.29, 1.82) is 0 Å². The number of rotatable bonds is 0. The molecule has 1 aromatic carbocycles. The van der Waals surface area contributed by atoms with Crippen molar-refractivity contribution in [2.45, 2.75) is 6.61 Å². The summed E-state index contributed by atoms with van der Waals surface area (Å²) in [5.41, 5.74) is 1.13. The summed E-state index contributed by atoms with van der Waals surface area (Å²) in [6.45, 7) is 0.703. The van der Waals surface area contributed by atoms with Gasteiger partial charge in [0.2, 0.25) is 0 Å². The molecule has 11 heavy (non-hydrogen) atoms. The Hall–Kier alpha value is 0.00286. The second-order valence-corrected chi connectivity index (χ2v) is 4.53. The van der Waals surface area contributed by atoms with E-state index in [9.17, 15) is 0 Å². The van der Waals surface area contributed by atoms with Gasteiger partial charge in [0, 0.05) is 0 Å². The average molecular weight is 274 g/mol. The van der Waals surface area contributed by atoms with Crippen LogP contribution in [0.1, 0.15) is 5.56 Å². The molecule has 1 aliphatic heterocycles. The normalized spacial score (nSPS) is 15.4. The standard InChI is InChI=1S/C7H5BrGeO2/c8-6-1-2-7-5(3-6)4-10-9-11-7/h1-3H,4H2. The summed E-state index contributed by atoms with van der Waals surface area (Å²) in [7, 11) is 0. The molecule has 0 spiro atoms. The Kier molecular flexibility index (Phi) is 2.20. The van der Waals surface area contributed by atoms with Crippen molar-refractivity contribution in [3.63, 3.8) is 0 Å². The summed E-state index contributed by atoms with van der Waals surface area (Å²) in [5, 5.41) is 0. The van der Waals surface area contributed by atoms with Gasteiger partial charge in [-0.05, 0) is 0 Å². The zero-order chi connectivity index (χ0) is 7.68. The van der Waals surface area contributed by atoms with Gasteiger partial charge in [-0.1, -0.05) is 0 Å². The topological polar surface area (TPSA) is 18.5 Å².